The van der Waals surface area contributed by atoms with Gasteiger partial charge in [0.25, 0.3) is 0 Å². The van der Waals surface area contributed by atoms with Gasteiger partial charge in [-0.25, -0.2) is 18.1 Å². The molecule has 0 atom stereocenters. The first-order valence-electron chi connectivity index (χ1n) is 7.46. The van der Waals surface area contributed by atoms with Crippen LogP contribution in [-0.2, 0) is 16.4 Å². The molecule has 0 saturated heterocycles. The second kappa shape index (κ2) is 7.21. The first-order chi connectivity index (χ1) is 11.6. The van der Waals surface area contributed by atoms with E-state index < -0.39 is 10.0 Å². The molecule has 7 heteroatoms. The highest BCUT2D eigenvalue weighted by Gasteiger charge is 2.15. The number of aryl methyl sites for hydroxylation is 1. The van der Waals surface area contributed by atoms with Crippen molar-refractivity contribution in [3.63, 3.8) is 0 Å². The van der Waals surface area contributed by atoms with Gasteiger partial charge < -0.3 is 0 Å². The van der Waals surface area contributed by atoms with Crippen molar-refractivity contribution in [2.24, 2.45) is 0 Å². The Kier molecular flexibility index (Phi) is 5.03. The molecule has 1 N–H and O–H groups in total. The number of nitrogens with one attached hydrogen (secondary N) is 1. The first kappa shape index (κ1) is 16.8. The molecule has 2 heterocycles. The smallest absolute Gasteiger partial charge is 0.240 e. The van der Waals surface area contributed by atoms with Crippen LogP contribution in [0.2, 0.25) is 0 Å². The van der Waals surface area contributed by atoms with Gasteiger partial charge in [0.15, 0.2) is 0 Å². The predicted molar refractivity (Wildman–Crippen MR) is 95.4 cm³/mol. The summed E-state index contributed by atoms with van der Waals surface area (Å²) in [4.78, 5) is 8.93. The zero-order chi connectivity index (χ0) is 17.0. The van der Waals surface area contributed by atoms with Crippen LogP contribution in [0.15, 0.2) is 59.1 Å². The zero-order valence-electron chi connectivity index (χ0n) is 13.1. The zero-order valence-corrected chi connectivity index (χ0v) is 14.8. The second-order valence-corrected chi connectivity index (χ2v) is 7.89. The van der Waals surface area contributed by atoms with E-state index in [-0.39, 0.29) is 0 Å². The highest BCUT2D eigenvalue weighted by Crippen LogP contribution is 2.22. The fraction of sp³-hybridized carbons (Fsp3) is 0.176. The van der Waals surface area contributed by atoms with Crippen LogP contribution in [0.25, 0.3) is 10.6 Å². The van der Waals surface area contributed by atoms with Crippen LogP contribution in [0.4, 0.5) is 0 Å². The minimum Gasteiger partial charge on any atom is -0.264 e. The Labute approximate surface area is 145 Å². The molecule has 0 aliphatic rings. The molecule has 0 fully saturated rings. The van der Waals surface area contributed by atoms with Crippen molar-refractivity contribution in [3.8, 4) is 10.6 Å². The number of hydrogen-bond acceptors (Lipinski definition) is 5. The molecule has 2 aromatic heterocycles. The lowest BCUT2D eigenvalue weighted by molar-refractivity contribution is 0.581. The van der Waals surface area contributed by atoms with Crippen molar-refractivity contribution in [1.29, 1.82) is 0 Å². The van der Waals surface area contributed by atoms with Gasteiger partial charge in [0.2, 0.25) is 10.0 Å². The molecule has 3 rings (SSSR count). The van der Waals surface area contributed by atoms with E-state index in [4.69, 9.17) is 0 Å². The summed E-state index contributed by atoms with van der Waals surface area (Å²) in [6, 6.07) is 10.8. The third kappa shape index (κ3) is 3.87. The van der Waals surface area contributed by atoms with E-state index in [1.807, 2.05) is 23.6 Å². The Morgan fingerprint density at radius 1 is 1.17 bits per heavy atom. The molecule has 3 aromatic rings. The van der Waals surface area contributed by atoms with E-state index >= 15 is 0 Å². The van der Waals surface area contributed by atoms with Crippen LogP contribution in [0.1, 0.15) is 11.3 Å². The predicted octanol–water partition coefficient (Wildman–Crippen LogP) is 3.03. The number of nitrogens with zero attached hydrogens (tertiary/aromatic N) is 2. The minimum atomic E-state index is -3.49. The monoisotopic (exact) mass is 359 g/mol. The largest absolute Gasteiger partial charge is 0.264 e. The number of benzene rings is 1. The summed E-state index contributed by atoms with van der Waals surface area (Å²) >= 11 is 1.53. The average molecular weight is 359 g/mol. The molecule has 0 amide bonds. The van der Waals surface area contributed by atoms with Gasteiger partial charge in [-0.2, -0.15) is 0 Å². The Bertz CT molecular complexity index is 922. The number of thiazole rings is 1. The molecule has 0 spiro atoms. The van der Waals surface area contributed by atoms with Gasteiger partial charge >= 0.3 is 0 Å². The lowest BCUT2D eigenvalue weighted by atomic mass is 10.2. The summed E-state index contributed by atoms with van der Waals surface area (Å²) in [5, 5.41) is 2.84. The summed E-state index contributed by atoms with van der Waals surface area (Å²) in [7, 11) is -3.49. The quantitative estimate of drug-likeness (QED) is 0.734. The second-order valence-electron chi connectivity index (χ2n) is 5.30. The summed E-state index contributed by atoms with van der Waals surface area (Å²) in [6.07, 6.45) is 4.03. The van der Waals surface area contributed by atoms with Gasteiger partial charge in [-0.3, -0.25) is 4.98 Å². The van der Waals surface area contributed by atoms with Crippen molar-refractivity contribution in [2.75, 3.05) is 6.54 Å². The van der Waals surface area contributed by atoms with E-state index in [0.29, 0.717) is 17.9 Å². The molecule has 0 radical (unpaired) electrons. The highest BCUT2D eigenvalue weighted by molar-refractivity contribution is 7.89. The van der Waals surface area contributed by atoms with Crippen LogP contribution in [0.5, 0.6) is 0 Å². The molecule has 0 unspecified atom stereocenters. The van der Waals surface area contributed by atoms with Gasteiger partial charge in [-0.1, -0.05) is 18.2 Å². The highest BCUT2D eigenvalue weighted by atomic mass is 32.2. The van der Waals surface area contributed by atoms with Gasteiger partial charge in [0, 0.05) is 36.3 Å². The van der Waals surface area contributed by atoms with E-state index in [9.17, 15) is 8.42 Å². The van der Waals surface area contributed by atoms with Crippen LogP contribution in [0, 0.1) is 6.92 Å². The number of pyridine rings is 1. The van der Waals surface area contributed by atoms with Crippen molar-refractivity contribution >= 4 is 21.4 Å². The summed E-state index contributed by atoms with van der Waals surface area (Å²) in [5.41, 5.74) is 2.57. The third-order valence-electron chi connectivity index (χ3n) is 3.52. The van der Waals surface area contributed by atoms with Crippen molar-refractivity contribution in [1.82, 2.24) is 14.7 Å². The number of rotatable bonds is 6. The van der Waals surface area contributed by atoms with Crippen molar-refractivity contribution < 1.29 is 8.42 Å². The maximum absolute atomic E-state index is 12.3. The number of aromatic nitrogens is 2. The summed E-state index contributed by atoms with van der Waals surface area (Å²) in [5.74, 6) is 0. The number of sulfonamides is 1. The van der Waals surface area contributed by atoms with Crippen LogP contribution in [0.3, 0.4) is 0 Å². The van der Waals surface area contributed by atoms with Crippen molar-refractivity contribution in [3.05, 3.63) is 65.4 Å². The Balaban J connectivity index is 1.63. The Hall–Kier alpha value is -2.09. The molecule has 5 nitrogen and oxygen atoms in total. The van der Waals surface area contributed by atoms with E-state index in [2.05, 4.69) is 14.7 Å². The lowest BCUT2D eigenvalue weighted by Crippen LogP contribution is -2.26. The molecule has 0 saturated carbocycles. The molecule has 1 aromatic carbocycles. The molecule has 124 valence electrons. The maximum Gasteiger partial charge on any atom is 0.240 e. The topological polar surface area (TPSA) is 72.0 Å². The van der Waals surface area contributed by atoms with Gasteiger partial charge in [0.05, 0.1) is 10.6 Å². The van der Waals surface area contributed by atoms with Crippen LogP contribution < -0.4 is 4.72 Å². The molecular formula is C17H17N3O2S2. The normalized spacial score (nSPS) is 11.5. The van der Waals surface area contributed by atoms with E-state index in [1.54, 1.807) is 37.5 Å². The van der Waals surface area contributed by atoms with Gasteiger partial charge in [-0.05, 0) is 30.7 Å². The molecule has 0 aliphatic carbocycles. The average Bonchev–Trinajstić information content (AvgIpc) is 3.05. The number of hydrogen-bond donors (Lipinski definition) is 1. The fourth-order valence-electron chi connectivity index (χ4n) is 2.29. The third-order valence-corrected chi connectivity index (χ3v) is 6.08. The molecular weight excluding hydrogens is 342 g/mol. The molecule has 0 bridgehead atoms. The van der Waals surface area contributed by atoms with Gasteiger partial charge in [-0.15, -0.1) is 11.3 Å². The maximum atomic E-state index is 12.3. The Morgan fingerprint density at radius 3 is 2.75 bits per heavy atom. The molecule has 0 aliphatic heterocycles. The van der Waals surface area contributed by atoms with Crippen LogP contribution in [-0.4, -0.2) is 24.9 Å². The summed E-state index contributed by atoms with van der Waals surface area (Å²) in [6.45, 7) is 2.10. The summed E-state index contributed by atoms with van der Waals surface area (Å²) < 4.78 is 27.3. The van der Waals surface area contributed by atoms with E-state index in [0.717, 1.165) is 21.8 Å². The van der Waals surface area contributed by atoms with Crippen LogP contribution >= 0.6 is 11.3 Å². The van der Waals surface area contributed by atoms with E-state index in [1.165, 1.54) is 11.3 Å². The molecule has 24 heavy (non-hydrogen) atoms. The minimum absolute atomic E-state index is 0.312. The standard InChI is InChI=1S/C17H17N3O2S2/c1-13-5-2-3-7-16(13)24(21,22)19-10-8-15-12-23-17(20-15)14-6-4-9-18-11-14/h2-7,9,11-12,19H,8,10H2,1H3. The fourth-order valence-corrected chi connectivity index (χ4v) is 4.41. The SMILES string of the molecule is Cc1ccccc1S(=O)(=O)NCCc1csc(-c2cccnc2)n1. The first-order valence-corrected chi connectivity index (χ1v) is 9.82. The Morgan fingerprint density at radius 2 is 2.00 bits per heavy atom. The van der Waals surface area contributed by atoms with Crippen molar-refractivity contribution in [2.45, 2.75) is 18.2 Å². The lowest BCUT2D eigenvalue weighted by Gasteiger charge is -2.08. The van der Waals surface area contributed by atoms with Gasteiger partial charge in [0.1, 0.15) is 5.01 Å².